The highest BCUT2D eigenvalue weighted by Crippen LogP contribution is 2.19. The van der Waals surface area contributed by atoms with Crippen LogP contribution in [-0.4, -0.2) is 19.9 Å². The summed E-state index contributed by atoms with van der Waals surface area (Å²) in [4.78, 5) is 3.89. The maximum absolute atomic E-state index is 5.50. The van der Waals surface area contributed by atoms with Crippen molar-refractivity contribution in [3.05, 3.63) is 17.2 Å². The van der Waals surface area contributed by atoms with Crippen molar-refractivity contribution in [3.8, 4) is 11.4 Å². The number of halogens is 1. The molecule has 2 heterocycles. The average molecular weight is 199 g/mol. The highest BCUT2D eigenvalue weighted by molar-refractivity contribution is 6.27. The van der Waals surface area contributed by atoms with Crippen LogP contribution >= 0.6 is 11.6 Å². The molecule has 0 saturated heterocycles. The highest BCUT2D eigenvalue weighted by atomic mass is 35.5. The summed E-state index contributed by atoms with van der Waals surface area (Å²) >= 11 is 5.50. The van der Waals surface area contributed by atoms with Crippen LogP contribution in [0.15, 0.2) is 10.7 Å². The van der Waals surface area contributed by atoms with Crippen LogP contribution in [0.5, 0.6) is 0 Å². The summed E-state index contributed by atoms with van der Waals surface area (Å²) < 4.78 is 6.34. The number of aryl methyl sites for hydroxylation is 2. The molecule has 6 heteroatoms. The lowest BCUT2D eigenvalue weighted by Crippen LogP contribution is -1.86. The summed E-state index contributed by atoms with van der Waals surface area (Å²) in [6.45, 7) is 1.87. The van der Waals surface area contributed by atoms with E-state index in [0.29, 0.717) is 5.82 Å². The Kier molecular flexibility index (Phi) is 1.81. The minimum Gasteiger partial charge on any atom is -0.321 e. The molecule has 2 aromatic heterocycles. The first-order valence-electron chi connectivity index (χ1n) is 3.66. The van der Waals surface area contributed by atoms with Gasteiger partial charge < -0.3 is 4.52 Å². The van der Waals surface area contributed by atoms with E-state index >= 15 is 0 Å². The molecule has 0 atom stereocenters. The number of rotatable bonds is 1. The summed E-state index contributed by atoms with van der Waals surface area (Å²) in [7, 11) is 1.83. The van der Waals surface area contributed by atoms with Gasteiger partial charge in [0.25, 0.3) is 0 Å². The molecule has 0 aliphatic heterocycles. The van der Waals surface area contributed by atoms with Gasteiger partial charge in [-0.2, -0.15) is 10.1 Å². The Morgan fingerprint density at radius 2 is 2.31 bits per heavy atom. The van der Waals surface area contributed by atoms with E-state index in [2.05, 4.69) is 19.8 Å². The van der Waals surface area contributed by atoms with Gasteiger partial charge in [-0.25, -0.2) is 0 Å². The Bertz CT molecular complexity index is 433. The lowest BCUT2D eigenvalue weighted by Gasteiger charge is -1.85. The summed E-state index contributed by atoms with van der Waals surface area (Å²) in [6, 6.07) is 0. The Morgan fingerprint density at radius 1 is 1.54 bits per heavy atom. The second-order valence-electron chi connectivity index (χ2n) is 2.67. The number of aromatic nitrogens is 4. The number of hydrogen-bond acceptors (Lipinski definition) is 4. The summed E-state index contributed by atoms with van der Waals surface area (Å²) in [5, 5.41) is 7.88. The van der Waals surface area contributed by atoms with Crippen molar-refractivity contribution in [3.63, 3.8) is 0 Å². The fourth-order valence-corrected chi connectivity index (χ4v) is 1.25. The van der Waals surface area contributed by atoms with E-state index in [1.807, 2.05) is 20.2 Å². The van der Waals surface area contributed by atoms with E-state index in [1.165, 1.54) is 0 Å². The molecule has 2 rings (SSSR count). The molecule has 0 saturated carbocycles. The van der Waals surface area contributed by atoms with Crippen molar-refractivity contribution < 1.29 is 4.52 Å². The average Bonchev–Trinajstić information content (AvgIpc) is 2.58. The largest absolute Gasteiger partial charge is 0.321 e. The van der Waals surface area contributed by atoms with Crippen LogP contribution in [0.4, 0.5) is 0 Å². The first-order valence-corrected chi connectivity index (χ1v) is 4.04. The zero-order valence-corrected chi connectivity index (χ0v) is 7.91. The normalized spacial score (nSPS) is 10.7. The molecule has 13 heavy (non-hydrogen) atoms. The van der Waals surface area contributed by atoms with Gasteiger partial charge in [-0.05, 0) is 18.5 Å². The van der Waals surface area contributed by atoms with Crippen LogP contribution in [0.3, 0.4) is 0 Å². The second-order valence-corrected chi connectivity index (χ2v) is 3.00. The summed E-state index contributed by atoms with van der Waals surface area (Å²) in [5.41, 5.74) is 1.68. The minimum atomic E-state index is 0.0400. The zero-order chi connectivity index (χ0) is 9.42. The minimum absolute atomic E-state index is 0.0400. The topological polar surface area (TPSA) is 56.7 Å². The SMILES string of the molecule is Cc1nn(C)cc1-c1noc(Cl)n1. The lowest BCUT2D eigenvalue weighted by molar-refractivity contribution is 0.421. The van der Waals surface area contributed by atoms with Crippen LogP contribution in [0.1, 0.15) is 5.69 Å². The van der Waals surface area contributed by atoms with Gasteiger partial charge in [0.05, 0.1) is 11.3 Å². The predicted octanol–water partition coefficient (Wildman–Crippen LogP) is 1.43. The van der Waals surface area contributed by atoms with E-state index in [1.54, 1.807) is 4.68 Å². The predicted molar refractivity (Wildman–Crippen MR) is 46.2 cm³/mol. The van der Waals surface area contributed by atoms with Crippen molar-refractivity contribution in [2.24, 2.45) is 7.05 Å². The molecule has 2 aromatic rings. The maximum atomic E-state index is 5.50. The van der Waals surface area contributed by atoms with Gasteiger partial charge in [0.1, 0.15) is 0 Å². The molecule has 0 aliphatic rings. The van der Waals surface area contributed by atoms with Crippen LogP contribution in [0, 0.1) is 6.92 Å². The summed E-state index contributed by atoms with van der Waals surface area (Å²) in [6.07, 6.45) is 1.82. The molecule has 0 radical (unpaired) electrons. The lowest BCUT2D eigenvalue weighted by atomic mass is 10.2. The molecule has 0 unspecified atom stereocenters. The molecular weight excluding hydrogens is 192 g/mol. The summed E-state index contributed by atoms with van der Waals surface area (Å²) in [5.74, 6) is 0.468. The quantitative estimate of drug-likeness (QED) is 0.696. The van der Waals surface area contributed by atoms with Crippen molar-refractivity contribution >= 4 is 11.6 Å². The molecule has 5 nitrogen and oxygen atoms in total. The van der Waals surface area contributed by atoms with Gasteiger partial charge in [-0.1, -0.05) is 5.16 Å². The van der Waals surface area contributed by atoms with E-state index in [0.717, 1.165) is 11.3 Å². The second kappa shape index (κ2) is 2.85. The third-order valence-electron chi connectivity index (χ3n) is 1.66. The van der Waals surface area contributed by atoms with E-state index in [-0.39, 0.29) is 5.35 Å². The molecule has 0 aromatic carbocycles. The first kappa shape index (κ1) is 8.25. The van der Waals surface area contributed by atoms with E-state index in [4.69, 9.17) is 11.6 Å². The van der Waals surface area contributed by atoms with E-state index < -0.39 is 0 Å². The van der Waals surface area contributed by atoms with Gasteiger partial charge in [0, 0.05) is 13.2 Å². The molecule has 0 N–H and O–H groups in total. The first-order chi connectivity index (χ1) is 6.16. The zero-order valence-electron chi connectivity index (χ0n) is 7.15. The molecule has 0 spiro atoms. The maximum Gasteiger partial charge on any atom is 0.320 e. The fraction of sp³-hybridized carbons (Fsp3) is 0.286. The van der Waals surface area contributed by atoms with Crippen molar-refractivity contribution in [2.75, 3.05) is 0 Å². The number of hydrogen-bond donors (Lipinski definition) is 0. The Hall–Kier alpha value is -1.36. The van der Waals surface area contributed by atoms with Crippen molar-refractivity contribution in [1.29, 1.82) is 0 Å². The highest BCUT2D eigenvalue weighted by Gasteiger charge is 2.11. The van der Waals surface area contributed by atoms with Crippen molar-refractivity contribution in [1.82, 2.24) is 19.9 Å². The number of nitrogens with zero attached hydrogens (tertiary/aromatic N) is 4. The van der Waals surface area contributed by atoms with E-state index in [9.17, 15) is 0 Å². The Balaban J connectivity index is 2.51. The fourth-order valence-electron chi connectivity index (χ4n) is 1.13. The molecule has 0 amide bonds. The van der Waals surface area contributed by atoms with Crippen LogP contribution < -0.4 is 0 Å². The van der Waals surface area contributed by atoms with Crippen LogP contribution in [0.2, 0.25) is 5.35 Å². The van der Waals surface area contributed by atoms with Gasteiger partial charge >= 0.3 is 5.35 Å². The standard InChI is InChI=1S/C7H7ClN4O/c1-4-5(3-12(2)10-4)6-9-7(8)13-11-6/h3H,1-2H3. The van der Waals surface area contributed by atoms with Gasteiger partial charge in [0.15, 0.2) is 0 Å². The molecular formula is C7H7ClN4O. The molecule has 68 valence electrons. The molecule has 0 fully saturated rings. The van der Waals surface area contributed by atoms with Crippen LogP contribution in [-0.2, 0) is 7.05 Å². The third kappa shape index (κ3) is 1.42. The Morgan fingerprint density at radius 3 is 2.77 bits per heavy atom. The van der Waals surface area contributed by atoms with Gasteiger partial charge in [-0.15, -0.1) is 0 Å². The molecule has 0 aliphatic carbocycles. The monoisotopic (exact) mass is 198 g/mol. The van der Waals surface area contributed by atoms with Crippen LogP contribution in [0.25, 0.3) is 11.4 Å². The van der Waals surface area contributed by atoms with Crippen molar-refractivity contribution in [2.45, 2.75) is 6.92 Å². The smallest absolute Gasteiger partial charge is 0.320 e. The third-order valence-corrected chi connectivity index (χ3v) is 1.81. The molecule has 0 bridgehead atoms. The van der Waals surface area contributed by atoms with Gasteiger partial charge in [-0.3, -0.25) is 4.68 Å². The Labute approximate surface area is 79.3 Å². The van der Waals surface area contributed by atoms with Gasteiger partial charge in [0.2, 0.25) is 5.82 Å².